The molecule has 31 heavy (non-hydrogen) atoms. The van der Waals surface area contributed by atoms with Gasteiger partial charge in [-0.1, -0.05) is 12.1 Å². The number of carbonyl (C=O) groups excluding carboxylic acids is 1. The molecule has 1 aliphatic heterocycles. The average Bonchev–Trinajstić information content (AvgIpc) is 2.82. The Morgan fingerprint density at radius 1 is 0.935 bits per heavy atom. The number of benzene rings is 1. The van der Waals surface area contributed by atoms with Crippen molar-refractivity contribution in [2.45, 2.75) is 26.9 Å². The van der Waals surface area contributed by atoms with Gasteiger partial charge in [-0.2, -0.15) is 0 Å². The van der Waals surface area contributed by atoms with Crippen LogP contribution in [0.3, 0.4) is 0 Å². The van der Waals surface area contributed by atoms with Crippen molar-refractivity contribution in [1.29, 1.82) is 0 Å². The summed E-state index contributed by atoms with van der Waals surface area (Å²) >= 11 is 0. The molecule has 0 aliphatic carbocycles. The van der Waals surface area contributed by atoms with Crippen molar-refractivity contribution in [3.8, 4) is 17.1 Å². The van der Waals surface area contributed by atoms with Crippen LogP contribution < -0.4 is 9.64 Å². The highest BCUT2D eigenvalue weighted by atomic mass is 16.5. The number of piperazine rings is 1. The van der Waals surface area contributed by atoms with Gasteiger partial charge >= 0.3 is 0 Å². The van der Waals surface area contributed by atoms with E-state index in [-0.39, 0.29) is 5.91 Å². The lowest BCUT2D eigenvalue weighted by molar-refractivity contribution is -0.138. The Balaban J connectivity index is 1.32. The van der Waals surface area contributed by atoms with E-state index < -0.39 is 6.10 Å². The number of aryl methyl sites for hydroxylation is 2. The third-order valence-electron chi connectivity index (χ3n) is 5.63. The average molecular weight is 418 g/mol. The van der Waals surface area contributed by atoms with Gasteiger partial charge in [0.1, 0.15) is 11.4 Å². The van der Waals surface area contributed by atoms with Crippen LogP contribution in [0.5, 0.6) is 5.75 Å². The Labute approximate surface area is 182 Å². The number of amides is 1. The largest absolute Gasteiger partial charge is 0.481 e. The highest BCUT2D eigenvalue weighted by Crippen LogP contribution is 2.20. The monoisotopic (exact) mass is 417 g/mol. The van der Waals surface area contributed by atoms with Crippen LogP contribution in [0.15, 0.2) is 54.7 Å². The minimum Gasteiger partial charge on any atom is -0.481 e. The zero-order chi connectivity index (χ0) is 21.8. The zero-order valence-electron chi connectivity index (χ0n) is 18.2. The molecule has 0 N–H and O–H groups in total. The van der Waals surface area contributed by atoms with E-state index in [0.717, 1.165) is 28.5 Å². The van der Waals surface area contributed by atoms with Gasteiger partial charge in [-0.15, -0.1) is 10.2 Å². The van der Waals surface area contributed by atoms with E-state index >= 15 is 0 Å². The van der Waals surface area contributed by atoms with E-state index in [1.165, 1.54) is 5.56 Å². The minimum absolute atomic E-state index is 0.00876. The fourth-order valence-electron chi connectivity index (χ4n) is 3.60. The van der Waals surface area contributed by atoms with Crippen molar-refractivity contribution < 1.29 is 9.53 Å². The number of hydrogen-bond donors (Lipinski definition) is 0. The number of nitrogens with zero attached hydrogens (tertiary/aromatic N) is 5. The molecule has 160 valence electrons. The van der Waals surface area contributed by atoms with E-state index in [2.05, 4.69) is 27.0 Å². The highest BCUT2D eigenvalue weighted by molar-refractivity contribution is 5.81. The first kappa shape index (κ1) is 20.8. The molecular formula is C24H27N5O2. The number of hydrogen-bond acceptors (Lipinski definition) is 6. The Hall–Kier alpha value is -3.48. The van der Waals surface area contributed by atoms with Gasteiger partial charge in [0.15, 0.2) is 11.9 Å². The number of anilines is 1. The van der Waals surface area contributed by atoms with Crippen molar-refractivity contribution in [3.63, 3.8) is 0 Å². The molecule has 0 spiro atoms. The number of carbonyl (C=O) groups is 1. The molecule has 1 unspecified atom stereocenters. The normalized spacial score (nSPS) is 14.9. The van der Waals surface area contributed by atoms with Crippen molar-refractivity contribution in [2.24, 2.45) is 0 Å². The Morgan fingerprint density at radius 3 is 2.39 bits per heavy atom. The third-order valence-corrected chi connectivity index (χ3v) is 5.63. The summed E-state index contributed by atoms with van der Waals surface area (Å²) in [4.78, 5) is 21.2. The van der Waals surface area contributed by atoms with Crippen molar-refractivity contribution in [3.05, 3.63) is 65.9 Å². The standard InChI is InChI=1S/C24H27N5O2/c1-17-7-8-20(16-18(17)2)31-19(3)24(30)29-14-12-28(13-15-29)23-10-9-22(26-27-23)21-6-4-5-11-25-21/h4-11,16,19H,12-15H2,1-3H3. The Morgan fingerprint density at radius 2 is 1.74 bits per heavy atom. The first-order valence-electron chi connectivity index (χ1n) is 10.5. The van der Waals surface area contributed by atoms with E-state index in [1.807, 2.05) is 67.3 Å². The molecule has 2 aromatic heterocycles. The maximum atomic E-state index is 12.8. The molecule has 4 rings (SSSR count). The van der Waals surface area contributed by atoms with Gasteiger partial charge in [-0.25, -0.2) is 0 Å². The summed E-state index contributed by atoms with van der Waals surface area (Å²) < 4.78 is 5.90. The smallest absolute Gasteiger partial charge is 0.263 e. The molecular weight excluding hydrogens is 390 g/mol. The molecule has 0 bridgehead atoms. The van der Waals surface area contributed by atoms with Crippen LogP contribution in [-0.4, -0.2) is 58.3 Å². The summed E-state index contributed by atoms with van der Waals surface area (Å²) in [6.45, 7) is 8.58. The topological polar surface area (TPSA) is 71.5 Å². The molecule has 1 aliphatic rings. The lowest BCUT2D eigenvalue weighted by atomic mass is 10.1. The molecule has 3 aromatic rings. The van der Waals surface area contributed by atoms with E-state index in [1.54, 1.807) is 6.20 Å². The van der Waals surface area contributed by atoms with E-state index in [0.29, 0.717) is 26.2 Å². The Bertz CT molecular complexity index is 1030. The number of pyridine rings is 1. The Kier molecular flexibility index (Phi) is 6.11. The van der Waals surface area contributed by atoms with Gasteiger partial charge in [-0.3, -0.25) is 9.78 Å². The number of rotatable bonds is 5. The van der Waals surface area contributed by atoms with Crippen LogP contribution in [0.1, 0.15) is 18.1 Å². The molecule has 1 atom stereocenters. The summed E-state index contributed by atoms with van der Waals surface area (Å²) in [5, 5.41) is 8.67. The number of aromatic nitrogens is 3. The molecule has 7 nitrogen and oxygen atoms in total. The molecule has 1 aromatic carbocycles. The van der Waals surface area contributed by atoms with Crippen LogP contribution in [0.2, 0.25) is 0 Å². The summed E-state index contributed by atoms with van der Waals surface area (Å²) in [5.41, 5.74) is 3.91. The van der Waals surface area contributed by atoms with E-state index in [9.17, 15) is 4.79 Å². The van der Waals surface area contributed by atoms with Crippen molar-refractivity contribution >= 4 is 11.7 Å². The summed E-state index contributed by atoms with van der Waals surface area (Å²) in [6, 6.07) is 15.5. The van der Waals surface area contributed by atoms with E-state index in [4.69, 9.17) is 4.74 Å². The molecule has 3 heterocycles. The fourth-order valence-corrected chi connectivity index (χ4v) is 3.60. The van der Waals surface area contributed by atoms with Crippen LogP contribution >= 0.6 is 0 Å². The molecule has 1 amide bonds. The lowest BCUT2D eigenvalue weighted by Crippen LogP contribution is -2.52. The third kappa shape index (κ3) is 4.82. The van der Waals surface area contributed by atoms with Crippen LogP contribution in [0.4, 0.5) is 5.82 Å². The molecule has 7 heteroatoms. The number of ether oxygens (including phenoxy) is 1. The SMILES string of the molecule is Cc1ccc(OC(C)C(=O)N2CCN(c3ccc(-c4ccccn4)nn3)CC2)cc1C. The first-order valence-corrected chi connectivity index (χ1v) is 10.5. The molecule has 0 radical (unpaired) electrons. The zero-order valence-corrected chi connectivity index (χ0v) is 18.2. The van der Waals surface area contributed by atoms with Gasteiger partial charge < -0.3 is 14.5 Å². The van der Waals surface area contributed by atoms with Crippen LogP contribution in [-0.2, 0) is 4.79 Å². The van der Waals surface area contributed by atoms with Crippen molar-refractivity contribution in [2.75, 3.05) is 31.1 Å². The predicted molar refractivity (Wildman–Crippen MR) is 120 cm³/mol. The summed E-state index contributed by atoms with van der Waals surface area (Å²) in [7, 11) is 0. The van der Waals surface area contributed by atoms with Gasteiger partial charge in [-0.05, 0) is 68.3 Å². The van der Waals surface area contributed by atoms with Gasteiger partial charge in [0.05, 0.1) is 5.69 Å². The lowest BCUT2D eigenvalue weighted by Gasteiger charge is -2.36. The molecule has 1 fully saturated rings. The van der Waals surface area contributed by atoms with Gasteiger partial charge in [0, 0.05) is 32.4 Å². The maximum absolute atomic E-state index is 12.8. The summed E-state index contributed by atoms with van der Waals surface area (Å²) in [5.74, 6) is 1.55. The van der Waals surface area contributed by atoms with Crippen LogP contribution in [0.25, 0.3) is 11.4 Å². The molecule has 1 saturated heterocycles. The van der Waals surface area contributed by atoms with Gasteiger partial charge in [0.2, 0.25) is 0 Å². The minimum atomic E-state index is -0.522. The van der Waals surface area contributed by atoms with Gasteiger partial charge in [0.25, 0.3) is 5.91 Å². The second-order valence-corrected chi connectivity index (χ2v) is 7.81. The van der Waals surface area contributed by atoms with Crippen molar-refractivity contribution in [1.82, 2.24) is 20.1 Å². The summed E-state index contributed by atoms with van der Waals surface area (Å²) in [6.07, 6.45) is 1.22. The first-order chi connectivity index (χ1) is 15.0. The predicted octanol–water partition coefficient (Wildman–Crippen LogP) is 3.27. The molecule has 0 saturated carbocycles. The quantitative estimate of drug-likeness (QED) is 0.635. The van der Waals surface area contributed by atoms with Crippen LogP contribution in [0, 0.1) is 13.8 Å². The second-order valence-electron chi connectivity index (χ2n) is 7.81. The maximum Gasteiger partial charge on any atom is 0.263 e. The highest BCUT2D eigenvalue weighted by Gasteiger charge is 2.26. The fraction of sp³-hybridized carbons (Fsp3) is 0.333. The second kappa shape index (κ2) is 9.12.